The number of ether oxygens (including phenoxy) is 1. The van der Waals surface area contributed by atoms with Crippen LogP contribution in [0, 0.1) is 0 Å². The Morgan fingerprint density at radius 3 is 2.33 bits per heavy atom. The second-order valence-corrected chi connectivity index (χ2v) is 7.82. The van der Waals surface area contributed by atoms with Crippen LogP contribution in [0.25, 0.3) is 0 Å². The minimum Gasteiger partial charge on any atom is -0.496 e. The van der Waals surface area contributed by atoms with Gasteiger partial charge in [0, 0.05) is 23.3 Å². The number of para-hydroxylation sites is 3. The quantitative estimate of drug-likeness (QED) is 0.598. The molecule has 5 rings (SSSR count). The van der Waals surface area contributed by atoms with Crippen molar-refractivity contribution in [2.75, 3.05) is 17.7 Å². The molecule has 0 spiro atoms. The number of anilines is 2. The fourth-order valence-corrected chi connectivity index (χ4v) is 4.59. The Balaban J connectivity index is 1.64. The highest BCUT2D eigenvalue weighted by molar-refractivity contribution is 6.01. The van der Waals surface area contributed by atoms with Crippen LogP contribution in [0.4, 0.5) is 11.4 Å². The number of methoxy groups -OCH3 is 1. The van der Waals surface area contributed by atoms with E-state index in [2.05, 4.69) is 22.8 Å². The third kappa shape index (κ3) is 3.24. The molecule has 3 aromatic carbocycles. The minimum absolute atomic E-state index is 0.175. The molecule has 1 aliphatic heterocycles. The molecule has 0 amide bonds. The fourth-order valence-electron chi connectivity index (χ4n) is 4.59. The molecular formula is C26H24N2O2. The zero-order valence-corrected chi connectivity index (χ0v) is 16.9. The lowest BCUT2D eigenvalue weighted by Crippen LogP contribution is -2.27. The van der Waals surface area contributed by atoms with Crippen LogP contribution in [0.1, 0.15) is 35.9 Å². The molecule has 4 heteroatoms. The maximum Gasteiger partial charge on any atom is 0.163 e. The summed E-state index contributed by atoms with van der Waals surface area (Å²) in [6.45, 7) is 0. The number of ketones is 1. The Kier molecular flexibility index (Phi) is 4.75. The first-order valence-corrected chi connectivity index (χ1v) is 10.3. The number of nitrogens with one attached hydrogen (secondary N) is 2. The van der Waals surface area contributed by atoms with Crippen molar-refractivity contribution in [3.05, 3.63) is 101 Å². The Morgan fingerprint density at radius 1 is 0.833 bits per heavy atom. The molecule has 0 fully saturated rings. The van der Waals surface area contributed by atoms with Crippen molar-refractivity contribution >= 4 is 17.2 Å². The zero-order valence-electron chi connectivity index (χ0n) is 16.9. The van der Waals surface area contributed by atoms with Gasteiger partial charge in [-0.2, -0.15) is 0 Å². The molecule has 4 nitrogen and oxygen atoms in total. The van der Waals surface area contributed by atoms with Crippen LogP contribution >= 0.6 is 0 Å². The predicted molar refractivity (Wildman–Crippen MR) is 120 cm³/mol. The largest absolute Gasteiger partial charge is 0.496 e. The van der Waals surface area contributed by atoms with Crippen molar-refractivity contribution in [2.45, 2.75) is 24.8 Å². The first kappa shape index (κ1) is 18.5. The van der Waals surface area contributed by atoms with Gasteiger partial charge in [-0.05, 0) is 36.1 Å². The summed E-state index contributed by atoms with van der Waals surface area (Å²) in [6.07, 6.45) is 1.31. The molecule has 0 bridgehead atoms. The molecule has 1 heterocycles. The molecule has 0 radical (unpaired) electrons. The number of benzene rings is 3. The van der Waals surface area contributed by atoms with Crippen LogP contribution in [0.2, 0.25) is 0 Å². The number of fused-ring (bicyclic) bond motifs is 1. The van der Waals surface area contributed by atoms with Gasteiger partial charge in [0.05, 0.1) is 24.5 Å². The maximum atomic E-state index is 13.5. The van der Waals surface area contributed by atoms with Crippen LogP contribution in [-0.4, -0.2) is 12.9 Å². The molecule has 150 valence electrons. The Morgan fingerprint density at radius 2 is 1.53 bits per heavy atom. The number of carbonyl (C=O) groups is 1. The normalized spacial score (nSPS) is 20.4. The van der Waals surface area contributed by atoms with Crippen molar-refractivity contribution in [2.24, 2.45) is 0 Å². The summed E-state index contributed by atoms with van der Waals surface area (Å²) >= 11 is 0. The van der Waals surface area contributed by atoms with Crippen LogP contribution in [0.5, 0.6) is 5.75 Å². The highest BCUT2D eigenvalue weighted by atomic mass is 16.5. The average molecular weight is 396 g/mol. The number of hydrogen-bond acceptors (Lipinski definition) is 4. The molecule has 2 aliphatic rings. The molecule has 0 saturated carbocycles. The molecule has 2 N–H and O–H groups in total. The number of hydrogen-bond donors (Lipinski definition) is 2. The van der Waals surface area contributed by atoms with Gasteiger partial charge in [-0.1, -0.05) is 60.7 Å². The minimum atomic E-state index is -0.267. The third-order valence-corrected chi connectivity index (χ3v) is 6.03. The molecule has 2 atom stereocenters. The molecule has 3 aromatic rings. The van der Waals surface area contributed by atoms with Gasteiger partial charge in [0.25, 0.3) is 0 Å². The standard InChI is InChI=1S/C26H24N2O2/c1-30-24-14-8-5-11-19(24)26-25-22(27-20-12-6-7-13-21(20)28-26)15-18(16-23(25)29)17-9-3-2-4-10-17/h2-14,18,26-28H,15-16H2,1H3. The van der Waals surface area contributed by atoms with Gasteiger partial charge in [-0.15, -0.1) is 0 Å². The summed E-state index contributed by atoms with van der Waals surface area (Å²) in [5.74, 6) is 1.13. The maximum absolute atomic E-state index is 13.5. The van der Waals surface area contributed by atoms with E-state index in [-0.39, 0.29) is 17.7 Å². The van der Waals surface area contributed by atoms with E-state index in [1.807, 2.05) is 66.7 Å². The van der Waals surface area contributed by atoms with E-state index in [9.17, 15) is 4.79 Å². The van der Waals surface area contributed by atoms with E-state index in [0.29, 0.717) is 6.42 Å². The highest BCUT2D eigenvalue weighted by Gasteiger charge is 2.36. The molecule has 0 aromatic heterocycles. The number of carbonyl (C=O) groups excluding carboxylic acids is 1. The van der Waals surface area contributed by atoms with Gasteiger partial charge in [0.1, 0.15) is 5.75 Å². The number of Topliss-reactive ketones (excluding diaryl/α,β-unsaturated/α-hetero) is 1. The summed E-state index contributed by atoms with van der Waals surface area (Å²) in [5.41, 5.74) is 5.95. The molecular weight excluding hydrogens is 372 g/mol. The molecule has 2 unspecified atom stereocenters. The smallest absolute Gasteiger partial charge is 0.163 e. The molecule has 1 aliphatic carbocycles. The Hall–Kier alpha value is -3.53. The third-order valence-electron chi connectivity index (χ3n) is 6.03. The highest BCUT2D eigenvalue weighted by Crippen LogP contribution is 2.45. The van der Waals surface area contributed by atoms with Gasteiger partial charge in [-0.3, -0.25) is 4.79 Å². The zero-order chi connectivity index (χ0) is 20.5. The van der Waals surface area contributed by atoms with E-state index in [1.165, 1.54) is 5.56 Å². The Labute approximate surface area is 176 Å². The first-order chi connectivity index (χ1) is 14.7. The van der Waals surface area contributed by atoms with Crippen molar-refractivity contribution < 1.29 is 9.53 Å². The summed E-state index contributed by atoms with van der Waals surface area (Å²) in [4.78, 5) is 13.5. The SMILES string of the molecule is COc1ccccc1C1Nc2ccccc2NC2=C1C(=O)CC(c1ccccc1)C2. The number of allylic oxidation sites excluding steroid dienone is 1. The van der Waals surface area contributed by atoms with Gasteiger partial charge in [0.2, 0.25) is 0 Å². The van der Waals surface area contributed by atoms with Crippen LogP contribution < -0.4 is 15.4 Å². The lowest BCUT2D eigenvalue weighted by Gasteiger charge is -2.30. The monoisotopic (exact) mass is 396 g/mol. The van der Waals surface area contributed by atoms with Crippen molar-refractivity contribution in [1.29, 1.82) is 0 Å². The van der Waals surface area contributed by atoms with Crippen molar-refractivity contribution in [3.8, 4) is 5.75 Å². The second kappa shape index (κ2) is 7.71. The lowest BCUT2D eigenvalue weighted by molar-refractivity contribution is -0.116. The summed E-state index contributed by atoms with van der Waals surface area (Å²) < 4.78 is 5.64. The van der Waals surface area contributed by atoms with Gasteiger partial charge >= 0.3 is 0 Å². The van der Waals surface area contributed by atoms with Crippen LogP contribution in [0.3, 0.4) is 0 Å². The van der Waals surface area contributed by atoms with Gasteiger partial charge in [-0.25, -0.2) is 0 Å². The average Bonchev–Trinajstić information content (AvgIpc) is 2.96. The fraction of sp³-hybridized carbons (Fsp3) is 0.192. The lowest BCUT2D eigenvalue weighted by atomic mass is 9.78. The topological polar surface area (TPSA) is 50.4 Å². The van der Waals surface area contributed by atoms with Crippen LogP contribution in [-0.2, 0) is 4.79 Å². The summed E-state index contributed by atoms with van der Waals surface area (Å²) in [5, 5.41) is 7.20. The first-order valence-electron chi connectivity index (χ1n) is 10.3. The van der Waals surface area contributed by atoms with Crippen molar-refractivity contribution in [3.63, 3.8) is 0 Å². The Bertz CT molecular complexity index is 1120. The van der Waals surface area contributed by atoms with E-state index in [4.69, 9.17) is 4.74 Å². The van der Waals surface area contributed by atoms with E-state index < -0.39 is 0 Å². The number of rotatable bonds is 3. The van der Waals surface area contributed by atoms with E-state index in [0.717, 1.165) is 40.4 Å². The second-order valence-electron chi connectivity index (χ2n) is 7.82. The summed E-state index contributed by atoms with van der Waals surface area (Å²) in [6, 6.07) is 26.1. The predicted octanol–water partition coefficient (Wildman–Crippen LogP) is 5.67. The van der Waals surface area contributed by atoms with Gasteiger partial charge in [0.15, 0.2) is 5.78 Å². The van der Waals surface area contributed by atoms with Crippen LogP contribution in [0.15, 0.2) is 90.1 Å². The molecule has 30 heavy (non-hydrogen) atoms. The summed E-state index contributed by atoms with van der Waals surface area (Å²) in [7, 11) is 1.67. The van der Waals surface area contributed by atoms with Crippen molar-refractivity contribution in [1.82, 2.24) is 0 Å². The van der Waals surface area contributed by atoms with E-state index >= 15 is 0 Å². The van der Waals surface area contributed by atoms with E-state index in [1.54, 1.807) is 7.11 Å². The molecule has 0 saturated heterocycles. The van der Waals surface area contributed by atoms with Gasteiger partial charge < -0.3 is 15.4 Å².